The molecule has 0 unspecified atom stereocenters. The molecule has 0 aliphatic heterocycles. The number of unbranched alkanes of at least 4 members (excludes halogenated alkanes) is 1. The van der Waals surface area contributed by atoms with Gasteiger partial charge in [-0.1, -0.05) is 83.0 Å². The van der Waals surface area contributed by atoms with Gasteiger partial charge in [0.1, 0.15) is 5.41 Å². The summed E-state index contributed by atoms with van der Waals surface area (Å²) in [6, 6.07) is 22.9. The fraction of sp³-hybridized carbons (Fsp3) is 0.278. The van der Waals surface area contributed by atoms with Crippen molar-refractivity contribution in [2.24, 2.45) is 0 Å². The average molecular weight is 328 g/mol. The van der Waals surface area contributed by atoms with Crippen molar-refractivity contribution in [1.29, 1.82) is 5.26 Å². The highest BCUT2D eigenvalue weighted by atomic mass is 79.9. The lowest BCUT2D eigenvalue weighted by Crippen LogP contribution is -2.25. The Bertz CT molecular complexity index is 517. The third-order valence-corrected chi connectivity index (χ3v) is 4.22. The second-order valence-corrected chi connectivity index (χ2v) is 5.69. The maximum Gasteiger partial charge on any atom is 0.107 e. The molecule has 0 aliphatic carbocycles. The molecule has 0 fully saturated rings. The van der Waals surface area contributed by atoms with Crippen molar-refractivity contribution in [3.8, 4) is 6.07 Å². The Morgan fingerprint density at radius 2 is 1.35 bits per heavy atom. The first-order valence-electron chi connectivity index (χ1n) is 6.92. The van der Waals surface area contributed by atoms with Crippen LogP contribution >= 0.6 is 15.9 Å². The summed E-state index contributed by atoms with van der Waals surface area (Å²) in [6.07, 6.45) is 2.97. The van der Waals surface area contributed by atoms with Gasteiger partial charge in [0.15, 0.2) is 0 Å². The lowest BCUT2D eigenvalue weighted by Gasteiger charge is -2.28. The van der Waals surface area contributed by atoms with Crippen LogP contribution in [0.3, 0.4) is 0 Å². The minimum Gasteiger partial charge on any atom is -0.197 e. The number of rotatable bonds is 6. The van der Waals surface area contributed by atoms with Crippen LogP contribution in [0.25, 0.3) is 0 Å². The highest BCUT2D eigenvalue weighted by Crippen LogP contribution is 2.36. The highest BCUT2D eigenvalue weighted by molar-refractivity contribution is 9.09. The van der Waals surface area contributed by atoms with Crippen LogP contribution < -0.4 is 0 Å². The third kappa shape index (κ3) is 3.11. The Kier molecular flexibility index (Phi) is 5.38. The van der Waals surface area contributed by atoms with Gasteiger partial charge in [0, 0.05) is 5.33 Å². The molecule has 2 aromatic rings. The van der Waals surface area contributed by atoms with Crippen molar-refractivity contribution < 1.29 is 0 Å². The number of hydrogen-bond donors (Lipinski definition) is 0. The minimum absolute atomic E-state index is 0.537. The number of hydrogen-bond acceptors (Lipinski definition) is 1. The van der Waals surface area contributed by atoms with Crippen molar-refractivity contribution >= 4 is 15.9 Å². The molecular weight excluding hydrogens is 310 g/mol. The van der Waals surface area contributed by atoms with E-state index in [1.165, 1.54) is 0 Å². The molecule has 102 valence electrons. The largest absolute Gasteiger partial charge is 0.197 e. The Morgan fingerprint density at radius 1 is 0.850 bits per heavy atom. The molecule has 0 heterocycles. The Balaban J connectivity index is 2.45. The Labute approximate surface area is 129 Å². The molecule has 1 nitrogen and oxygen atoms in total. The fourth-order valence-corrected chi connectivity index (χ4v) is 2.97. The van der Waals surface area contributed by atoms with Crippen molar-refractivity contribution in [2.45, 2.75) is 24.7 Å². The van der Waals surface area contributed by atoms with Crippen LogP contribution in [-0.2, 0) is 5.41 Å². The van der Waals surface area contributed by atoms with Crippen molar-refractivity contribution in [2.75, 3.05) is 5.33 Å². The molecule has 0 bridgehead atoms. The first-order chi connectivity index (χ1) is 9.83. The summed E-state index contributed by atoms with van der Waals surface area (Å²) in [5.74, 6) is 0. The standard InChI is InChI=1S/C18H18BrN/c19-14-8-7-13-18(15-20,16-9-3-1-4-10-16)17-11-5-2-6-12-17/h1-6,9-12H,7-8,13-14H2. The quantitative estimate of drug-likeness (QED) is 0.537. The molecule has 20 heavy (non-hydrogen) atoms. The average Bonchev–Trinajstić information content (AvgIpc) is 2.54. The van der Waals surface area contributed by atoms with E-state index in [2.05, 4.69) is 46.3 Å². The fourth-order valence-electron chi connectivity index (χ4n) is 2.57. The van der Waals surface area contributed by atoms with Crippen molar-refractivity contribution in [3.05, 3.63) is 71.8 Å². The van der Waals surface area contributed by atoms with E-state index in [9.17, 15) is 5.26 Å². The van der Waals surface area contributed by atoms with Gasteiger partial charge in [0.25, 0.3) is 0 Å². The van der Waals surface area contributed by atoms with Gasteiger partial charge in [-0.05, 0) is 24.0 Å². The summed E-state index contributed by atoms with van der Waals surface area (Å²) in [6.45, 7) is 0. The molecule has 0 saturated carbocycles. The van der Waals surface area contributed by atoms with E-state index in [-0.39, 0.29) is 0 Å². The second kappa shape index (κ2) is 7.26. The number of nitrogens with zero attached hydrogens (tertiary/aromatic N) is 1. The van der Waals surface area contributed by atoms with E-state index in [1.54, 1.807) is 0 Å². The molecular formula is C18H18BrN. The van der Waals surface area contributed by atoms with Crippen LogP contribution in [0.15, 0.2) is 60.7 Å². The van der Waals surface area contributed by atoms with Gasteiger partial charge >= 0.3 is 0 Å². The van der Waals surface area contributed by atoms with Crippen LogP contribution in [0, 0.1) is 11.3 Å². The predicted octanol–water partition coefficient (Wildman–Crippen LogP) is 5.06. The zero-order chi connectivity index (χ0) is 14.3. The summed E-state index contributed by atoms with van der Waals surface area (Å²) in [7, 11) is 0. The van der Waals surface area contributed by atoms with E-state index in [0.29, 0.717) is 0 Å². The second-order valence-electron chi connectivity index (χ2n) is 4.90. The van der Waals surface area contributed by atoms with Gasteiger partial charge in [-0.15, -0.1) is 0 Å². The van der Waals surface area contributed by atoms with E-state index in [1.807, 2.05) is 36.4 Å². The minimum atomic E-state index is -0.537. The molecule has 2 heteroatoms. The van der Waals surface area contributed by atoms with Gasteiger partial charge in [-0.2, -0.15) is 5.26 Å². The number of halogens is 1. The lowest BCUT2D eigenvalue weighted by molar-refractivity contribution is 0.557. The van der Waals surface area contributed by atoms with Crippen LogP contribution in [0.1, 0.15) is 30.4 Å². The van der Waals surface area contributed by atoms with Gasteiger partial charge in [0.2, 0.25) is 0 Å². The van der Waals surface area contributed by atoms with E-state index in [0.717, 1.165) is 35.7 Å². The molecule has 0 N–H and O–H groups in total. The molecule has 2 aromatic carbocycles. The van der Waals surface area contributed by atoms with Crippen LogP contribution in [0.2, 0.25) is 0 Å². The summed E-state index contributed by atoms with van der Waals surface area (Å²) >= 11 is 3.47. The van der Waals surface area contributed by atoms with E-state index < -0.39 is 5.41 Å². The topological polar surface area (TPSA) is 23.8 Å². The molecule has 0 aliphatic rings. The maximum absolute atomic E-state index is 9.92. The van der Waals surface area contributed by atoms with Crippen LogP contribution in [-0.4, -0.2) is 5.33 Å². The molecule has 0 radical (unpaired) electrons. The van der Waals surface area contributed by atoms with E-state index >= 15 is 0 Å². The first kappa shape index (κ1) is 14.8. The predicted molar refractivity (Wildman–Crippen MR) is 86.9 cm³/mol. The van der Waals surface area contributed by atoms with Gasteiger partial charge in [-0.3, -0.25) is 0 Å². The molecule has 0 saturated heterocycles. The molecule has 0 aromatic heterocycles. The smallest absolute Gasteiger partial charge is 0.107 e. The molecule has 2 rings (SSSR count). The number of benzene rings is 2. The molecule has 0 amide bonds. The van der Waals surface area contributed by atoms with Gasteiger partial charge in [0.05, 0.1) is 6.07 Å². The van der Waals surface area contributed by atoms with Crippen molar-refractivity contribution in [1.82, 2.24) is 0 Å². The van der Waals surface area contributed by atoms with Crippen LogP contribution in [0.5, 0.6) is 0 Å². The normalized spacial score (nSPS) is 11.0. The first-order valence-corrected chi connectivity index (χ1v) is 8.04. The number of nitriles is 1. The summed E-state index contributed by atoms with van der Waals surface area (Å²) in [5, 5.41) is 10.9. The van der Waals surface area contributed by atoms with Crippen molar-refractivity contribution in [3.63, 3.8) is 0 Å². The highest BCUT2D eigenvalue weighted by Gasteiger charge is 2.33. The number of alkyl halides is 1. The van der Waals surface area contributed by atoms with Crippen LogP contribution in [0.4, 0.5) is 0 Å². The summed E-state index contributed by atoms with van der Waals surface area (Å²) in [4.78, 5) is 0. The van der Waals surface area contributed by atoms with Gasteiger partial charge < -0.3 is 0 Å². The maximum atomic E-state index is 9.92. The summed E-state index contributed by atoms with van der Waals surface area (Å²) in [5.41, 5.74) is 1.64. The third-order valence-electron chi connectivity index (χ3n) is 3.66. The zero-order valence-corrected chi connectivity index (χ0v) is 13.0. The zero-order valence-electron chi connectivity index (χ0n) is 11.4. The van der Waals surface area contributed by atoms with Gasteiger partial charge in [-0.25, -0.2) is 0 Å². The molecule has 0 spiro atoms. The summed E-state index contributed by atoms with van der Waals surface area (Å²) < 4.78 is 0. The van der Waals surface area contributed by atoms with E-state index in [4.69, 9.17) is 0 Å². The monoisotopic (exact) mass is 327 g/mol. The Hall–Kier alpha value is -1.59. The SMILES string of the molecule is N#CC(CCCCBr)(c1ccccc1)c1ccccc1. The lowest BCUT2D eigenvalue weighted by atomic mass is 9.72. The Morgan fingerprint density at radius 3 is 1.75 bits per heavy atom. The molecule has 0 atom stereocenters.